The van der Waals surface area contributed by atoms with E-state index in [0.717, 1.165) is 30.6 Å². The van der Waals surface area contributed by atoms with Crippen molar-refractivity contribution in [3.8, 4) is 0 Å². The van der Waals surface area contributed by atoms with Crippen LogP contribution < -0.4 is 0 Å². The fourth-order valence-corrected chi connectivity index (χ4v) is 4.54. The largest absolute Gasteiger partial charge is 0.299 e. The molecule has 0 spiro atoms. The standard InChI is InChI=1S/C23H42O2/c1-5-9-20-10-7-8-11-21(20)13-15-23(25)17-22(24)14-12-19(4)16-18(3)6-2/h18-21H,5-17H2,1-4H3. The molecular weight excluding hydrogens is 308 g/mol. The summed E-state index contributed by atoms with van der Waals surface area (Å²) >= 11 is 0. The van der Waals surface area contributed by atoms with E-state index in [-0.39, 0.29) is 18.0 Å². The molecule has 0 aliphatic heterocycles. The highest BCUT2D eigenvalue weighted by atomic mass is 16.1. The van der Waals surface area contributed by atoms with E-state index in [0.29, 0.717) is 18.8 Å². The van der Waals surface area contributed by atoms with Crippen LogP contribution in [0.5, 0.6) is 0 Å². The molecule has 1 aliphatic rings. The molecule has 0 aromatic carbocycles. The van der Waals surface area contributed by atoms with E-state index in [1.54, 1.807) is 0 Å². The lowest BCUT2D eigenvalue weighted by Crippen LogP contribution is -2.21. The van der Waals surface area contributed by atoms with Crippen molar-refractivity contribution >= 4 is 11.6 Å². The van der Waals surface area contributed by atoms with E-state index >= 15 is 0 Å². The van der Waals surface area contributed by atoms with Gasteiger partial charge >= 0.3 is 0 Å². The van der Waals surface area contributed by atoms with E-state index in [1.807, 2.05) is 0 Å². The van der Waals surface area contributed by atoms with Gasteiger partial charge < -0.3 is 0 Å². The zero-order valence-corrected chi connectivity index (χ0v) is 17.3. The molecule has 0 heterocycles. The van der Waals surface area contributed by atoms with Gasteiger partial charge in [0.25, 0.3) is 0 Å². The molecule has 2 heteroatoms. The lowest BCUT2D eigenvalue weighted by molar-refractivity contribution is -0.127. The third-order valence-electron chi connectivity index (χ3n) is 6.33. The Morgan fingerprint density at radius 3 is 2.08 bits per heavy atom. The molecule has 146 valence electrons. The Morgan fingerprint density at radius 1 is 0.880 bits per heavy atom. The SMILES string of the molecule is CCCC1CCCCC1CCC(=O)CC(=O)CCC(C)CC(C)CC. The average Bonchev–Trinajstić information content (AvgIpc) is 2.59. The normalized spacial score (nSPS) is 23.2. The Morgan fingerprint density at radius 2 is 1.48 bits per heavy atom. The van der Waals surface area contributed by atoms with Gasteiger partial charge in [0.2, 0.25) is 0 Å². The highest BCUT2D eigenvalue weighted by molar-refractivity contribution is 5.98. The van der Waals surface area contributed by atoms with E-state index in [1.165, 1.54) is 51.4 Å². The highest BCUT2D eigenvalue weighted by Crippen LogP contribution is 2.36. The van der Waals surface area contributed by atoms with Gasteiger partial charge in [-0.3, -0.25) is 9.59 Å². The topological polar surface area (TPSA) is 34.1 Å². The van der Waals surface area contributed by atoms with Gasteiger partial charge in [-0.15, -0.1) is 0 Å². The number of carbonyl (C=O) groups excluding carboxylic acids is 2. The summed E-state index contributed by atoms with van der Waals surface area (Å²) in [5.74, 6) is 3.21. The summed E-state index contributed by atoms with van der Waals surface area (Å²) in [5.41, 5.74) is 0. The third kappa shape index (κ3) is 9.56. The summed E-state index contributed by atoms with van der Waals surface area (Å²) in [7, 11) is 0. The molecular formula is C23H42O2. The molecule has 1 rings (SSSR count). The fraction of sp³-hybridized carbons (Fsp3) is 0.913. The molecule has 1 saturated carbocycles. The maximum absolute atomic E-state index is 12.2. The lowest BCUT2D eigenvalue weighted by atomic mass is 9.74. The predicted molar refractivity (Wildman–Crippen MR) is 107 cm³/mol. The fourth-order valence-electron chi connectivity index (χ4n) is 4.54. The molecule has 0 bridgehead atoms. The van der Waals surface area contributed by atoms with Gasteiger partial charge in [0.1, 0.15) is 11.6 Å². The van der Waals surface area contributed by atoms with Crippen molar-refractivity contribution in [2.75, 3.05) is 0 Å². The van der Waals surface area contributed by atoms with E-state index in [2.05, 4.69) is 27.7 Å². The maximum atomic E-state index is 12.2. The molecule has 0 amide bonds. The van der Waals surface area contributed by atoms with Crippen LogP contribution in [0.15, 0.2) is 0 Å². The second-order valence-electron chi connectivity index (χ2n) is 8.78. The summed E-state index contributed by atoms with van der Waals surface area (Å²) in [5, 5.41) is 0. The van der Waals surface area contributed by atoms with Crippen molar-refractivity contribution in [1.29, 1.82) is 0 Å². The van der Waals surface area contributed by atoms with Crippen LogP contribution in [-0.4, -0.2) is 11.6 Å². The van der Waals surface area contributed by atoms with Crippen molar-refractivity contribution < 1.29 is 9.59 Å². The van der Waals surface area contributed by atoms with Gasteiger partial charge in [0.15, 0.2) is 0 Å². The summed E-state index contributed by atoms with van der Waals surface area (Å²) in [6, 6.07) is 0. The van der Waals surface area contributed by atoms with E-state index in [4.69, 9.17) is 0 Å². The summed E-state index contributed by atoms with van der Waals surface area (Å²) < 4.78 is 0. The van der Waals surface area contributed by atoms with Crippen LogP contribution in [-0.2, 0) is 9.59 Å². The summed E-state index contributed by atoms with van der Waals surface area (Å²) in [4.78, 5) is 24.3. The van der Waals surface area contributed by atoms with Crippen LogP contribution in [0.2, 0.25) is 0 Å². The molecule has 0 N–H and O–H groups in total. The molecule has 0 aromatic rings. The monoisotopic (exact) mass is 350 g/mol. The van der Waals surface area contributed by atoms with Crippen molar-refractivity contribution in [2.24, 2.45) is 23.7 Å². The second kappa shape index (κ2) is 12.7. The van der Waals surface area contributed by atoms with Crippen LogP contribution in [0.25, 0.3) is 0 Å². The Hall–Kier alpha value is -0.660. The van der Waals surface area contributed by atoms with E-state index in [9.17, 15) is 9.59 Å². The molecule has 4 unspecified atom stereocenters. The zero-order valence-electron chi connectivity index (χ0n) is 17.3. The Bertz CT molecular complexity index is 386. The maximum Gasteiger partial charge on any atom is 0.140 e. The molecule has 0 radical (unpaired) electrons. The minimum absolute atomic E-state index is 0.162. The number of rotatable bonds is 13. The molecule has 25 heavy (non-hydrogen) atoms. The lowest BCUT2D eigenvalue weighted by Gasteiger charge is -2.31. The second-order valence-corrected chi connectivity index (χ2v) is 8.78. The predicted octanol–water partition coefficient (Wildman–Crippen LogP) is 6.75. The molecule has 4 atom stereocenters. The van der Waals surface area contributed by atoms with Gasteiger partial charge in [-0.25, -0.2) is 0 Å². The van der Waals surface area contributed by atoms with Gasteiger partial charge in [-0.2, -0.15) is 0 Å². The van der Waals surface area contributed by atoms with Crippen molar-refractivity contribution in [1.82, 2.24) is 0 Å². The van der Waals surface area contributed by atoms with Crippen LogP contribution in [0.1, 0.15) is 111 Å². The van der Waals surface area contributed by atoms with Crippen LogP contribution in [0.4, 0.5) is 0 Å². The number of Topliss-reactive ketones (excluding diaryl/α,β-unsaturated/α-hetero) is 2. The summed E-state index contributed by atoms with van der Waals surface area (Å²) in [6.07, 6.45) is 13.6. The minimum atomic E-state index is 0.162. The average molecular weight is 351 g/mol. The van der Waals surface area contributed by atoms with Crippen molar-refractivity contribution in [3.05, 3.63) is 0 Å². The number of ketones is 2. The zero-order chi connectivity index (χ0) is 18.7. The molecule has 0 saturated heterocycles. The number of carbonyl (C=O) groups is 2. The van der Waals surface area contributed by atoms with Crippen LogP contribution >= 0.6 is 0 Å². The summed E-state index contributed by atoms with van der Waals surface area (Å²) in [6.45, 7) is 8.99. The number of hydrogen-bond donors (Lipinski definition) is 0. The highest BCUT2D eigenvalue weighted by Gasteiger charge is 2.25. The Labute approximate surface area is 156 Å². The Kier molecular flexibility index (Phi) is 11.3. The Balaban J connectivity index is 2.23. The molecule has 2 nitrogen and oxygen atoms in total. The van der Waals surface area contributed by atoms with Crippen LogP contribution in [0, 0.1) is 23.7 Å². The first-order valence-electron chi connectivity index (χ1n) is 11.0. The first-order chi connectivity index (χ1) is 12.0. The van der Waals surface area contributed by atoms with Gasteiger partial charge in [-0.05, 0) is 42.9 Å². The van der Waals surface area contributed by atoms with E-state index < -0.39 is 0 Å². The third-order valence-corrected chi connectivity index (χ3v) is 6.33. The van der Waals surface area contributed by atoms with Gasteiger partial charge in [0.05, 0.1) is 6.42 Å². The molecule has 1 fully saturated rings. The smallest absolute Gasteiger partial charge is 0.140 e. The van der Waals surface area contributed by atoms with Gasteiger partial charge in [-0.1, -0.05) is 72.6 Å². The van der Waals surface area contributed by atoms with Gasteiger partial charge in [0, 0.05) is 12.8 Å². The first kappa shape index (κ1) is 22.4. The molecule has 1 aliphatic carbocycles. The molecule has 0 aromatic heterocycles. The van der Waals surface area contributed by atoms with Crippen molar-refractivity contribution in [3.63, 3.8) is 0 Å². The number of hydrogen-bond acceptors (Lipinski definition) is 2. The quantitative estimate of drug-likeness (QED) is 0.344. The van der Waals surface area contributed by atoms with Crippen molar-refractivity contribution in [2.45, 2.75) is 111 Å². The first-order valence-corrected chi connectivity index (χ1v) is 11.0. The van der Waals surface area contributed by atoms with Crippen LogP contribution in [0.3, 0.4) is 0 Å². The minimum Gasteiger partial charge on any atom is -0.299 e.